The molecule has 0 bridgehead atoms. The van der Waals surface area contributed by atoms with Crippen molar-refractivity contribution in [3.05, 3.63) is 70.4 Å². The summed E-state index contributed by atoms with van der Waals surface area (Å²) >= 11 is 6.21. The Morgan fingerprint density at radius 1 is 0.893 bits per heavy atom. The van der Waals surface area contributed by atoms with Gasteiger partial charge in [0.05, 0.1) is 14.2 Å². The van der Waals surface area contributed by atoms with Crippen LogP contribution >= 0.6 is 11.6 Å². The zero-order valence-corrected chi connectivity index (χ0v) is 16.9. The summed E-state index contributed by atoms with van der Waals surface area (Å²) in [5, 5.41) is 7.29. The van der Waals surface area contributed by atoms with Crippen molar-refractivity contribution in [2.45, 2.75) is 20.0 Å². The number of ether oxygens (including phenoxy) is 2. The molecule has 0 radical (unpaired) electrons. The predicted octanol–water partition coefficient (Wildman–Crippen LogP) is 4.68. The summed E-state index contributed by atoms with van der Waals surface area (Å²) in [6, 6.07) is 15.4. The summed E-state index contributed by atoms with van der Waals surface area (Å²) in [6.07, 6.45) is 0. The Bertz CT molecular complexity index is 949. The van der Waals surface area contributed by atoms with E-state index in [1.165, 1.54) is 0 Å². The molecule has 28 heavy (non-hydrogen) atoms. The van der Waals surface area contributed by atoms with Crippen molar-refractivity contribution in [2.75, 3.05) is 24.9 Å². The molecule has 0 fully saturated rings. The minimum atomic E-state index is 0.552. The number of halogens is 1. The Hall–Kier alpha value is -2.99. The predicted molar refractivity (Wildman–Crippen MR) is 112 cm³/mol. The fourth-order valence-electron chi connectivity index (χ4n) is 2.74. The molecule has 2 aromatic carbocycles. The summed E-state index contributed by atoms with van der Waals surface area (Å²) in [7, 11) is 3.24. The van der Waals surface area contributed by atoms with Crippen LogP contribution in [-0.2, 0) is 13.1 Å². The zero-order chi connectivity index (χ0) is 19.9. The van der Waals surface area contributed by atoms with Gasteiger partial charge in [0.15, 0.2) is 11.5 Å². The van der Waals surface area contributed by atoms with E-state index in [1.807, 2.05) is 55.5 Å². The fraction of sp³-hybridized carbons (Fsp3) is 0.238. The number of hydrogen-bond donors (Lipinski definition) is 2. The Morgan fingerprint density at radius 3 is 2.43 bits per heavy atom. The molecule has 6 nitrogen and oxygen atoms in total. The van der Waals surface area contributed by atoms with Crippen molar-refractivity contribution >= 4 is 23.4 Å². The van der Waals surface area contributed by atoms with Crippen molar-refractivity contribution in [1.82, 2.24) is 9.97 Å². The summed E-state index contributed by atoms with van der Waals surface area (Å²) in [5.41, 5.74) is 2.92. The molecular weight excluding hydrogens is 376 g/mol. The van der Waals surface area contributed by atoms with Gasteiger partial charge in [-0.15, -0.1) is 0 Å². The lowest BCUT2D eigenvalue weighted by Gasteiger charge is -2.12. The average Bonchev–Trinajstić information content (AvgIpc) is 2.71. The molecule has 0 unspecified atom stereocenters. The molecule has 0 amide bonds. The topological polar surface area (TPSA) is 68.3 Å². The molecule has 146 valence electrons. The van der Waals surface area contributed by atoms with Gasteiger partial charge in [-0.1, -0.05) is 35.9 Å². The lowest BCUT2D eigenvalue weighted by atomic mass is 10.2. The third-order valence-corrected chi connectivity index (χ3v) is 4.54. The van der Waals surface area contributed by atoms with E-state index < -0.39 is 0 Å². The van der Waals surface area contributed by atoms with Gasteiger partial charge < -0.3 is 20.1 Å². The van der Waals surface area contributed by atoms with E-state index in [4.69, 9.17) is 21.1 Å². The molecule has 0 saturated carbocycles. The third kappa shape index (κ3) is 5.04. The highest BCUT2D eigenvalue weighted by Crippen LogP contribution is 2.27. The monoisotopic (exact) mass is 398 g/mol. The van der Waals surface area contributed by atoms with E-state index in [-0.39, 0.29) is 0 Å². The van der Waals surface area contributed by atoms with E-state index in [0.717, 1.165) is 27.7 Å². The van der Waals surface area contributed by atoms with Crippen LogP contribution < -0.4 is 20.1 Å². The number of methoxy groups -OCH3 is 2. The van der Waals surface area contributed by atoms with Gasteiger partial charge in [-0.2, -0.15) is 4.98 Å². The van der Waals surface area contributed by atoms with Crippen molar-refractivity contribution in [1.29, 1.82) is 0 Å². The summed E-state index contributed by atoms with van der Waals surface area (Å²) < 4.78 is 10.6. The van der Waals surface area contributed by atoms with Crippen LogP contribution in [-0.4, -0.2) is 24.2 Å². The fourth-order valence-corrected chi connectivity index (χ4v) is 2.94. The Morgan fingerprint density at radius 2 is 1.68 bits per heavy atom. The van der Waals surface area contributed by atoms with Gasteiger partial charge in [0.25, 0.3) is 0 Å². The molecule has 7 heteroatoms. The Kier molecular flexibility index (Phi) is 6.55. The largest absolute Gasteiger partial charge is 0.493 e. The molecule has 1 heterocycles. The molecule has 0 spiro atoms. The summed E-state index contributed by atoms with van der Waals surface area (Å²) in [5.74, 6) is 2.68. The van der Waals surface area contributed by atoms with Crippen LogP contribution in [0.15, 0.2) is 48.5 Å². The van der Waals surface area contributed by atoms with Crippen molar-refractivity contribution in [2.24, 2.45) is 0 Å². The van der Waals surface area contributed by atoms with Gasteiger partial charge in [-0.25, -0.2) is 4.98 Å². The smallest absolute Gasteiger partial charge is 0.225 e. The van der Waals surface area contributed by atoms with Gasteiger partial charge >= 0.3 is 0 Å². The summed E-state index contributed by atoms with van der Waals surface area (Å²) in [6.45, 7) is 3.09. The standard InChI is InChI=1S/C21H23ClN4O2/c1-14-10-20(23-13-16-6-4-5-7-17(16)22)26-21(25-14)24-12-15-8-9-18(27-2)19(11-15)28-3/h4-11H,12-13H2,1-3H3,(H2,23,24,25,26). The maximum Gasteiger partial charge on any atom is 0.225 e. The minimum absolute atomic E-state index is 0.552. The minimum Gasteiger partial charge on any atom is -0.493 e. The Balaban J connectivity index is 1.67. The molecule has 2 N–H and O–H groups in total. The normalized spacial score (nSPS) is 10.4. The van der Waals surface area contributed by atoms with E-state index in [9.17, 15) is 0 Å². The molecule has 1 aromatic heterocycles. The van der Waals surface area contributed by atoms with Crippen LogP contribution in [0.5, 0.6) is 11.5 Å². The SMILES string of the molecule is COc1ccc(CNc2nc(C)cc(NCc3ccccc3Cl)n2)cc1OC. The molecular formula is C21H23ClN4O2. The quantitative estimate of drug-likeness (QED) is 0.574. The second-order valence-electron chi connectivity index (χ2n) is 6.21. The molecule has 3 rings (SSSR count). The first-order chi connectivity index (χ1) is 13.6. The first-order valence-electron chi connectivity index (χ1n) is 8.87. The first-order valence-corrected chi connectivity index (χ1v) is 9.24. The van der Waals surface area contributed by atoms with Crippen molar-refractivity contribution < 1.29 is 9.47 Å². The average molecular weight is 399 g/mol. The maximum atomic E-state index is 6.21. The highest BCUT2D eigenvalue weighted by molar-refractivity contribution is 6.31. The number of benzene rings is 2. The Labute approximate surface area is 169 Å². The second kappa shape index (κ2) is 9.28. The van der Waals surface area contributed by atoms with Crippen LogP contribution in [0, 0.1) is 6.92 Å². The van der Waals surface area contributed by atoms with Gasteiger partial charge in [0, 0.05) is 29.9 Å². The second-order valence-corrected chi connectivity index (χ2v) is 6.61. The lowest BCUT2D eigenvalue weighted by Crippen LogP contribution is -2.08. The van der Waals surface area contributed by atoms with Crippen LogP contribution in [0.4, 0.5) is 11.8 Å². The first kappa shape index (κ1) is 19.8. The molecule has 0 atom stereocenters. The van der Waals surface area contributed by atoms with E-state index in [2.05, 4.69) is 20.6 Å². The van der Waals surface area contributed by atoms with Gasteiger partial charge in [-0.05, 0) is 36.2 Å². The zero-order valence-electron chi connectivity index (χ0n) is 16.1. The highest BCUT2D eigenvalue weighted by atomic mass is 35.5. The lowest BCUT2D eigenvalue weighted by molar-refractivity contribution is 0.354. The van der Waals surface area contributed by atoms with Crippen LogP contribution in [0.3, 0.4) is 0 Å². The van der Waals surface area contributed by atoms with E-state index in [0.29, 0.717) is 30.5 Å². The molecule has 0 saturated heterocycles. The number of rotatable bonds is 8. The number of anilines is 2. The van der Waals surface area contributed by atoms with Crippen molar-refractivity contribution in [3.8, 4) is 11.5 Å². The highest BCUT2D eigenvalue weighted by Gasteiger charge is 2.07. The number of nitrogens with one attached hydrogen (secondary N) is 2. The van der Waals surface area contributed by atoms with E-state index in [1.54, 1.807) is 14.2 Å². The van der Waals surface area contributed by atoms with Gasteiger partial charge in [0.2, 0.25) is 5.95 Å². The number of nitrogens with zero attached hydrogens (tertiary/aromatic N) is 2. The third-order valence-electron chi connectivity index (χ3n) is 4.17. The van der Waals surface area contributed by atoms with Gasteiger partial charge in [-0.3, -0.25) is 0 Å². The van der Waals surface area contributed by atoms with Crippen LogP contribution in [0.25, 0.3) is 0 Å². The molecule has 0 aliphatic heterocycles. The number of hydrogen-bond acceptors (Lipinski definition) is 6. The molecule has 3 aromatic rings. The van der Waals surface area contributed by atoms with E-state index >= 15 is 0 Å². The maximum absolute atomic E-state index is 6.21. The van der Waals surface area contributed by atoms with Crippen molar-refractivity contribution in [3.63, 3.8) is 0 Å². The summed E-state index contributed by atoms with van der Waals surface area (Å²) in [4.78, 5) is 8.99. The number of aromatic nitrogens is 2. The van der Waals surface area contributed by atoms with Crippen LogP contribution in [0.2, 0.25) is 5.02 Å². The van der Waals surface area contributed by atoms with Gasteiger partial charge in [0.1, 0.15) is 5.82 Å². The number of aryl methyl sites for hydroxylation is 1. The molecule has 0 aliphatic rings. The molecule has 0 aliphatic carbocycles. The van der Waals surface area contributed by atoms with Crippen LogP contribution in [0.1, 0.15) is 16.8 Å².